The molecule has 12 heteroatoms. The number of rotatable bonds is 8. The summed E-state index contributed by atoms with van der Waals surface area (Å²) in [5.74, 6) is -0.548. The van der Waals surface area contributed by atoms with Gasteiger partial charge < -0.3 is 19.9 Å². The highest BCUT2D eigenvalue weighted by Gasteiger charge is 2.64. The number of amides is 5. The first-order valence-corrected chi connectivity index (χ1v) is 22.0. The van der Waals surface area contributed by atoms with Crippen LogP contribution in [0.4, 0.5) is 5.69 Å². The van der Waals surface area contributed by atoms with Crippen molar-refractivity contribution in [2.24, 2.45) is 22.2 Å². The van der Waals surface area contributed by atoms with Crippen LogP contribution in [0.2, 0.25) is 0 Å². The van der Waals surface area contributed by atoms with Crippen molar-refractivity contribution in [1.29, 1.82) is 5.26 Å². The zero-order valence-electron chi connectivity index (χ0n) is 35.9. The second-order valence-corrected chi connectivity index (χ2v) is 19.9. The van der Waals surface area contributed by atoms with Gasteiger partial charge in [-0.15, -0.1) is 0 Å². The summed E-state index contributed by atoms with van der Waals surface area (Å²) < 4.78 is 6.48. The topological polar surface area (TPSA) is 152 Å². The van der Waals surface area contributed by atoms with Gasteiger partial charge in [0.2, 0.25) is 11.8 Å². The number of anilines is 1. The lowest BCUT2D eigenvalue weighted by Crippen LogP contribution is -2.74. The van der Waals surface area contributed by atoms with Crippen molar-refractivity contribution in [3.8, 4) is 11.8 Å². The minimum absolute atomic E-state index is 0.0823. The molecule has 3 aromatic carbocycles. The Morgan fingerprint density at radius 3 is 2.05 bits per heavy atom. The van der Waals surface area contributed by atoms with Gasteiger partial charge in [-0.1, -0.05) is 27.7 Å². The van der Waals surface area contributed by atoms with Crippen LogP contribution in [0.5, 0.6) is 5.75 Å². The van der Waals surface area contributed by atoms with E-state index >= 15 is 0 Å². The molecule has 3 saturated heterocycles. The zero-order valence-corrected chi connectivity index (χ0v) is 35.9. The van der Waals surface area contributed by atoms with E-state index in [1.54, 1.807) is 6.07 Å². The lowest BCUT2D eigenvalue weighted by molar-refractivity contribution is -0.164. The van der Waals surface area contributed by atoms with Crippen molar-refractivity contribution in [3.05, 3.63) is 93.5 Å². The van der Waals surface area contributed by atoms with Gasteiger partial charge in [0.05, 0.1) is 22.8 Å². The number of nitrogens with zero attached hydrogens (tertiary/aromatic N) is 4. The third-order valence-electron chi connectivity index (χ3n) is 15.1. The molecule has 0 bridgehead atoms. The molecular weight excluding hydrogens is 769 g/mol. The molecule has 0 radical (unpaired) electrons. The molecule has 2 aliphatic carbocycles. The van der Waals surface area contributed by atoms with Crippen molar-refractivity contribution in [1.82, 2.24) is 20.4 Å². The lowest BCUT2D eigenvalue weighted by atomic mass is 9.49. The Kier molecular flexibility index (Phi) is 10.1. The largest absolute Gasteiger partial charge is 0.489 e. The van der Waals surface area contributed by atoms with E-state index < -0.39 is 23.8 Å². The number of carbonyl (C=O) groups is 5. The van der Waals surface area contributed by atoms with E-state index in [2.05, 4.69) is 66.3 Å². The average molecular weight is 825 g/mol. The summed E-state index contributed by atoms with van der Waals surface area (Å²) in [6, 6.07) is 18.6. The highest BCUT2D eigenvalue weighted by molar-refractivity contribution is 6.23. The molecule has 6 aliphatic rings. The summed E-state index contributed by atoms with van der Waals surface area (Å²) in [7, 11) is 0. The number of hydrogen-bond acceptors (Lipinski definition) is 9. The maximum Gasteiger partial charge on any atom is 0.262 e. The number of carbonyl (C=O) groups excluding carboxylic acids is 5. The van der Waals surface area contributed by atoms with Gasteiger partial charge >= 0.3 is 0 Å². The van der Waals surface area contributed by atoms with E-state index in [1.165, 1.54) is 0 Å². The van der Waals surface area contributed by atoms with Crippen LogP contribution in [-0.4, -0.2) is 90.2 Å². The second-order valence-electron chi connectivity index (χ2n) is 19.9. The molecule has 1 atom stereocenters. The fourth-order valence-corrected chi connectivity index (χ4v) is 11.9. The number of piperidine rings is 3. The van der Waals surface area contributed by atoms with Gasteiger partial charge in [0, 0.05) is 54.2 Å². The first-order valence-electron chi connectivity index (χ1n) is 22.0. The third kappa shape index (κ3) is 7.18. The van der Waals surface area contributed by atoms with Crippen LogP contribution in [0, 0.1) is 40.4 Å². The molecule has 318 valence electrons. The smallest absolute Gasteiger partial charge is 0.262 e. The summed E-state index contributed by atoms with van der Waals surface area (Å²) in [5.41, 5.74) is 5.88. The Hall–Kier alpha value is -5.54. The van der Waals surface area contributed by atoms with Crippen LogP contribution < -0.4 is 20.3 Å². The van der Waals surface area contributed by atoms with E-state index in [1.807, 2.05) is 43.3 Å². The Balaban J connectivity index is 0.733. The molecule has 5 amide bonds. The highest BCUT2D eigenvalue weighted by Crippen LogP contribution is 2.55. The molecule has 1 spiro atoms. The molecule has 12 nitrogen and oxygen atoms in total. The Morgan fingerprint density at radius 2 is 1.48 bits per heavy atom. The summed E-state index contributed by atoms with van der Waals surface area (Å²) in [6.45, 7) is 15.6. The monoisotopic (exact) mass is 824 g/mol. The summed E-state index contributed by atoms with van der Waals surface area (Å²) >= 11 is 0. The van der Waals surface area contributed by atoms with Crippen molar-refractivity contribution < 1.29 is 28.7 Å². The first-order chi connectivity index (χ1) is 29.1. The molecular formula is C49H56N6O6. The van der Waals surface area contributed by atoms with Gasteiger partial charge in [-0.3, -0.25) is 34.2 Å². The maximum atomic E-state index is 13.6. The molecule has 1 saturated carbocycles. The van der Waals surface area contributed by atoms with Crippen LogP contribution in [-0.2, 0) is 22.4 Å². The number of aryl methyl sites for hydroxylation is 1. The van der Waals surface area contributed by atoms with E-state index in [-0.39, 0.29) is 53.0 Å². The Bertz CT molecular complexity index is 2300. The third-order valence-corrected chi connectivity index (χ3v) is 15.1. The number of hydrogen-bond donors (Lipinski definition) is 2. The quantitative estimate of drug-likeness (QED) is 0.262. The fourth-order valence-electron chi connectivity index (χ4n) is 11.9. The number of fused-ring (bicyclic) bond motifs is 2. The van der Waals surface area contributed by atoms with Crippen molar-refractivity contribution >= 4 is 35.2 Å². The maximum absolute atomic E-state index is 13.6. The second kappa shape index (κ2) is 15.1. The molecule has 3 aromatic rings. The van der Waals surface area contributed by atoms with Crippen LogP contribution in [0.15, 0.2) is 54.6 Å². The first kappa shape index (κ1) is 40.8. The Morgan fingerprint density at radius 1 is 0.852 bits per heavy atom. The highest BCUT2D eigenvalue weighted by atomic mass is 16.5. The number of likely N-dealkylation sites (tertiary alicyclic amines) is 1. The van der Waals surface area contributed by atoms with Gasteiger partial charge in [-0.25, -0.2) is 0 Å². The summed E-state index contributed by atoms with van der Waals surface area (Å²) in [4.78, 5) is 70.7. The molecule has 1 unspecified atom stereocenters. The molecule has 4 fully saturated rings. The van der Waals surface area contributed by atoms with Gasteiger partial charge in [-0.05, 0) is 148 Å². The molecule has 61 heavy (non-hydrogen) atoms. The molecule has 0 aromatic heterocycles. The number of imide groups is 2. The van der Waals surface area contributed by atoms with Gasteiger partial charge in [0.1, 0.15) is 17.9 Å². The number of ether oxygens (including phenoxy) is 1. The SMILES string of the molecule is Cc1cc(OC2C(C)(C)C(NC(=O)c3ccc(N4CCC(CN5CCC6(CC5)Cc5cc7c(cc5C6)C(=O)N(C5CCC(=O)NC5=O)C7=O)CC4)cc3)C2(C)C)ccc1C#N. The number of nitriles is 1. The average Bonchev–Trinajstić information content (AvgIpc) is 3.70. The summed E-state index contributed by atoms with van der Waals surface area (Å²) in [5, 5.41) is 14.9. The van der Waals surface area contributed by atoms with Gasteiger partial charge in [0.25, 0.3) is 17.7 Å². The summed E-state index contributed by atoms with van der Waals surface area (Å²) in [6.07, 6.45) is 6.35. The van der Waals surface area contributed by atoms with E-state index in [0.717, 1.165) is 104 Å². The predicted octanol–water partition coefficient (Wildman–Crippen LogP) is 5.98. The lowest BCUT2D eigenvalue weighted by Gasteiger charge is -2.63. The van der Waals surface area contributed by atoms with Crippen LogP contribution in [0.1, 0.15) is 120 Å². The molecule has 4 heterocycles. The molecule has 4 aliphatic heterocycles. The number of nitrogens with one attached hydrogen (secondary N) is 2. The van der Waals surface area contributed by atoms with Crippen molar-refractivity contribution in [2.45, 2.75) is 104 Å². The van der Waals surface area contributed by atoms with Crippen molar-refractivity contribution in [3.63, 3.8) is 0 Å². The van der Waals surface area contributed by atoms with E-state index in [4.69, 9.17) is 4.74 Å². The predicted molar refractivity (Wildman–Crippen MR) is 229 cm³/mol. The van der Waals surface area contributed by atoms with Gasteiger partial charge in [0.15, 0.2) is 0 Å². The van der Waals surface area contributed by atoms with Crippen LogP contribution in [0.3, 0.4) is 0 Å². The molecule has 2 N–H and O–H groups in total. The molecule has 9 rings (SSSR count). The minimum atomic E-state index is -0.947. The standard InChI is InChI=1S/C49H56N6O6/c1-29-22-36(11-8-32(29)27-50)61-46-47(2,3)45(48(46,4)5)52-41(57)31-6-9-35(10-7-31)54-18-14-30(15-19-54)28-53-20-16-49(17-21-53)25-33-23-37-38(24-34(33)26-49)44(60)55(43(37)59)39-12-13-40(56)51-42(39)58/h6-11,22-24,30,39,45-46H,12-21,25-26,28H2,1-5H3,(H,52,57)(H,51,56,58). The minimum Gasteiger partial charge on any atom is -0.489 e. The van der Waals surface area contributed by atoms with Crippen LogP contribution in [0.25, 0.3) is 0 Å². The zero-order chi connectivity index (χ0) is 43.0. The van der Waals surface area contributed by atoms with Gasteiger partial charge in [-0.2, -0.15) is 5.26 Å². The van der Waals surface area contributed by atoms with E-state index in [0.29, 0.717) is 28.2 Å². The fraction of sp³-hybridized carbons (Fsp3) is 0.510. The van der Waals surface area contributed by atoms with E-state index in [9.17, 15) is 29.2 Å². The number of benzene rings is 3. The Labute approximate surface area is 358 Å². The normalized spacial score (nSPS) is 25.4. The van der Waals surface area contributed by atoms with Crippen LogP contribution >= 0.6 is 0 Å². The van der Waals surface area contributed by atoms with Crippen molar-refractivity contribution in [2.75, 3.05) is 37.6 Å².